The fourth-order valence-electron chi connectivity index (χ4n) is 1.94. The Hall–Kier alpha value is -1.84. The number of benzene rings is 2. The molecule has 27 heavy (non-hydrogen) atoms. The van der Waals surface area contributed by atoms with Crippen molar-refractivity contribution >= 4 is 49.7 Å². The minimum Gasteiger partial charge on any atom is -0.548 e. The SMILES string of the molecule is NC(Cc1ccc(O)cc1)C(=O)[O-].NC(Cc1ccc(O)cc1)C(=O)[O-].[Ca+2]. The Bertz CT molecular complexity index is 658. The first-order valence-electron chi connectivity index (χ1n) is 7.67. The van der Waals surface area contributed by atoms with Crippen LogP contribution in [0.5, 0.6) is 11.5 Å². The Morgan fingerprint density at radius 1 is 0.741 bits per heavy atom. The monoisotopic (exact) mass is 400 g/mol. The molecule has 0 fully saturated rings. The van der Waals surface area contributed by atoms with Gasteiger partial charge in [-0.05, 0) is 48.2 Å². The third-order valence-corrected chi connectivity index (χ3v) is 3.39. The number of hydrogen-bond donors (Lipinski definition) is 4. The Balaban J connectivity index is 0.000000483. The summed E-state index contributed by atoms with van der Waals surface area (Å²) in [4.78, 5) is 20.6. The summed E-state index contributed by atoms with van der Waals surface area (Å²) in [5.74, 6) is -2.25. The van der Waals surface area contributed by atoms with Gasteiger partial charge in [-0.3, -0.25) is 0 Å². The molecule has 0 saturated heterocycles. The van der Waals surface area contributed by atoms with Crippen LogP contribution in [0.15, 0.2) is 48.5 Å². The van der Waals surface area contributed by atoms with E-state index in [9.17, 15) is 19.8 Å². The number of carboxylic acids is 2. The Kier molecular flexibility index (Phi) is 11.7. The topological polar surface area (TPSA) is 173 Å². The van der Waals surface area contributed by atoms with E-state index in [4.69, 9.17) is 21.7 Å². The van der Waals surface area contributed by atoms with Crippen LogP contribution in [0.3, 0.4) is 0 Å². The zero-order valence-electron chi connectivity index (χ0n) is 14.6. The maximum absolute atomic E-state index is 10.3. The number of hydrogen-bond acceptors (Lipinski definition) is 8. The second-order valence-corrected chi connectivity index (χ2v) is 5.59. The molecule has 0 aliphatic rings. The molecule has 0 aliphatic carbocycles. The standard InChI is InChI=1S/2C9H11NO3.Ca/c2*10-8(9(12)13)5-6-1-3-7(11)4-2-6;/h2*1-4,8,11H,5,10H2,(H,12,13);/q;;+2/p-2. The molecule has 0 radical (unpaired) electrons. The molecule has 6 N–H and O–H groups in total. The molecule has 2 unspecified atom stereocenters. The Labute approximate surface area is 186 Å². The molecule has 2 atom stereocenters. The molecule has 0 saturated carbocycles. The van der Waals surface area contributed by atoms with Crippen molar-refractivity contribution in [3.05, 3.63) is 59.7 Å². The molecule has 0 aromatic heterocycles. The Morgan fingerprint density at radius 3 is 1.22 bits per heavy atom. The summed E-state index contributed by atoms with van der Waals surface area (Å²) < 4.78 is 0. The quantitative estimate of drug-likeness (QED) is 0.390. The van der Waals surface area contributed by atoms with Gasteiger partial charge in [0.05, 0.1) is 11.9 Å². The first-order valence-corrected chi connectivity index (χ1v) is 7.67. The molecule has 0 bridgehead atoms. The van der Waals surface area contributed by atoms with Gasteiger partial charge in [0, 0.05) is 12.1 Å². The fraction of sp³-hybridized carbons (Fsp3) is 0.222. The molecule has 8 nitrogen and oxygen atoms in total. The van der Waals surface area contributed by atoms with E-state index >= 15 is 0 Å². The third-order valence-electron chi connectivity index (χ3n) is 3.39. The average molecular weight is 400 g/mol. The predicted molar refractivity (Wildman–Crippen MR) is 95.3 cm³/mol. The van der Waals surface area contributed by atoms with Gasteiger partial charge < -0.3 is 41.5 Å². The van der Waals surface area contributed by atoms with Gasteiger partial charge in [0.15, 0.2) is 0 Å². The molecular formula is C18H20CaN2O6. The summed E-state index contributed by atoms with van der Waals surface area (Å²) in [6.07, 6.45) is 0.422. The average Bonchev–Trinajstić information content (AvgIpc) is 2.59. The smallest absolute Gasteiger partial charge is 0.548 e. The number of nitrogens with two attached hydrogens (primary N) is 2. The van der Waals surface area contributed by atoms with E-state index in [-0.39, 0.29) is 62.1 Å². The number of carbonyl (C=O) groups excluding carboxylic acids is 2. The van der Waals surface area contributed by atoms with Gasteiger partial charge in [-0.2, -0.15) is 0 Å². The first kappa shape index (κ1) is 25.2. The molecule has 0 heterocycles. The fourth-order valence-corrected chi connectivity index (χ4v) is 1.94. The largest absolute Gasteiger partial charge is 2.00 e. The van der Waals surface area contributed by atoms with E-state index < -0.39 is 24.0 Å². The number of aliphatic carboxylic acids is 2. The molecule has 0 amide bonds. The number of phenolic OH excluding ortho intramolecular Hbond substituents is 2. The van der Waals surface area contributed by atoms with Crippen LogP contribution in [-0.4, -0.2) is 72.0 Å². The van der Waals surface area contributed by atoms with Crippen LogP contribution in [0, 0.1) is 0 Å². The summed E-state index contributed by atoms with van der Waals surface area (Å²) >= 11 is 0. The zero-order chi connectivity index (χ0) is 19.7. The van der Waals surface area contributed by atoms with Crippen molar-refractivity contribution in [1.82, 2.24) is 0 Å². The maximum Gasteiger partial charge on any atom is 2.00 e. The van der Waals surface area contributed by atoms with Crippen LogP contribution < -0.4 is 21.7 Å². The number of rotatable bonds is 6. The van der Waals surface area contributed by atoms with E-state index in [2.05, 4.69) is 0 Å². The van der Waals surface area contributed by atoms with Crippen LogP contribution in [0.25, 0.3) is 0 Å². The van der Waals surface area contributed by atoms with Crippen molar-refractivity contribution in [1.29, 1.82) is 0 Å². The van der Waals surface area contributed by atoms with Gasteiger partial charge in [0.25, 0.3) is 0 Å². The minimum absolute atomic E-state index is 0. The van der Waals surface area contributed by atoms with Crippen molar-refractivity contribution in [3.63, 3.8) is 0 Å². The summed E-state index contributed by atoms with van der Waals surface area (Å²) in [7, 11) is 0. The van der Waals surface area contributed by atoms with Crippen molar-refractivity contribution in [2.24, 2.45) is 11.5 Å². The predicted octanol–water partition coefficient (Wildman–Crippen LogP) is -2.36. The number of carboxylic acid groups (broad SMARTS) is 2. The minimum atomic E-state index is -1.27. The maximum atomic E-state index is 10.3. The van der Waals surface area contributed by atoms with Gasteiger partial charge >= 0.3 is 37.7 Å². The van der Waals surface area contributed by atoms with E-state index in [0.29, 0.717) is 0 Å². The van der Waals surface area contributed by atoms with E-state index in [0.717, 1.165) is 11.1 Å². The van der Waals surface area contributed by atoms with E-state index in [1.807, 2.05) is 0 Å². The second-order valence-electron chi connectivity index (χ2n) is 5.59. The number of carbonyl (C=O) groups is 2. The molecule has 9 heteroatoms. The van der Waals surface area contributed by atoms with Crippen molar-refractivity contribution < 1.29 is 30.0 Å². The summed E-state index contributed by atoms with van der Waals surface area (Å²) in [5, 5.41) is 38.5. The van der Waals surface area contributed by atoms with Gasteiger partial charge in [0.2, 0.25) is 0 Å². The van der Waals surface area contributed by atoms with Crippen LogP contribution >= 0.6 is 0 Å². The van der Waals surface area contributed by atoms with E-state index in [1.165, 1.54) is 24.3 Å². The third kappa shape index (κ3) is 10.2. The molecule has 2 aromatic rings. The molecule has 0 spiro atoms. The second kappa shape index (κ2) is 12.5. The van der Waals surface area contributed by atoms with Crippen molar-refractivity contribution in [3.8, 4) is 11.5 Å². The number of aromatic hydroxyl groups is 2. The van der Waals surface area contributed by atoms with Crippen molar-refractivity contribution in [2.45, 2.75) is 24.9 Å². The van der Waals surface area contributed by atoms with Crippen molar-refractivity contribution in [2.75, 3.05) is 0 Å². The summed E-state index contributed by atoms with van der Waals surface area (Å²) in [6.45, 7) is 0. The number of phenols is 2. The van der Waals surface area contributed by atoms with Gasteiger partial charge in [-0.25, -0.2) is 0 Å². The summed E-state index contributed by atoms with van der Waals surface area (Å²) in [5.41, 5.74) is 12.0. The molecule has 0 aliphatic heterocycles. The van der Waals surface area contributed by atoms with Gasteiger partial charge in [-0.1, -0.05) is 24.3 Å². The molecule has 140 valence electrons. The summed E-state index contributed by atoms with van der Waals surface area (Å²) in [6, 6.07) is 10.4. The van der Waals surface area contributed by atoms with Gasteiger partial charge in [0.1, 0.15) is 11.5 Å². The van der Waals surface area contributed by atoms with E-state index in [1.54, 1.807) is 24.3 Å². The normalized spacial score (nSPS) is 11.9. The first-order chi connectivity index (χ1) is 12.2. The molecule has 2 rings (SSSR count). The van der Waals surface area contributed by atoms with Crippen LogP contribution in [-0.2, 0) is 22.4 Å². The van der Waals surface area contributed by atoms with Gasteiger partial charge in [-0.15, -0.1) is 0 Å². The zero-order valence-corrected chi connectivity index (χ0v) is 16.8. The van der Waals surface area contributed by atoms with Crippen LogP contribution in [0.1, 0.15) is 11.1 Å². The van der Waals surface area contributed by atoms with Crippen LogP contribution in [0.4, 0.5) is 0 Å². The molecule has 2 aromatic carbocycles. The van der Waals surface area contributed by atoms with Crippen LogP contribution in [0.2, 0.25) is 0 Å². The molecular weight excluding hydrogens is 380 g/mol. The Morgan fingerprint density at radius 2 is 1.00 bits per heavy atom.